The van der Waals surface area contributed by atoms with Crippen LogP contribution in [0, 0.1) is 6.92 Å². The molecule has 0 amide bonds. The summed E-state index contributed by atoms with van der Waals surface area (Å²) in [6, 6.07) is 4.34. The highest BCUT2D eigenvalue weighted by molar-refractivity contribution is 5.64. The van der Waals surface area contributed by atoms with E-state index < -0.39 is 0 Å². The highest BCUT2D eigenvalue weighted by atomic mass is 15.4. The first-order valence-corrected chi connectivity index (χ1v) is 6.57. The minimum atomic E-state index is 0.291. The zero-order chi connectivity index (χ0) is 13.8. The van der Waals surface area contributed by atoms with E-state index in [1.165, 1.54) is 5.56 Å². The lowest BCUT2D eigenvalue weighted by Gasteiger charge is -2.13. The van der Waals surface area contributed by atoms with Gasteiger partial charge in [0.2, 0.25) is 0 Å². The molecular formula is C14H21N5. The number of nitrogen functional groups attached to an aromatic ring is 1. The number of aromatic nitrogens is 3. The smallest absolute Gasteiger partial charge is 0.148 e. The predicted octanol–water partition coefficient (Wildman–Crippen LogP) is 2.40. The highest BCUT2D eigenvalue weighted by Gasteiger charge is 2.13. The molecule has 102 valence electrons. The molecule has 19 heavy (non-hydrogen) atoms. The lowest BCUT2D eigenvalue weighted by atomic mass is 10.2. The van der Waals surface area contributed by atoms with E-state index >= 15 is 0 Å². The van der Waals surface area contributed by atoms with Crippen LogP contribution in [-0.2, 0) is 6.42 Å². The van der Waals surface area contributed by atoms with Crippen molar-refractivity contribution >= 4 is 11.5 Å². The molecule has 2 aromatic rings. The summed E-state index contributed by atoms with van der Waals surface area (Å²) in [5.74, 6) is 0.918. The van der Waals surface area contributed by atoms with E-state index in [0.717, 1.165) is 30.2 Å². The Morgan fingerprint density at radius 1 is 1.32 bits per heavy atom. The van der Waals surface area contributed by atoms with Gasteiger partial charge in [0.25, 0.3) is 0 Å². The molecule has 0 unspecified atom stereocenters. The van der Waals surface area contributed by atoms with Crippen LogP contribution in [0.1, 0.15) is 31.1 Å². The van der Waals surface area contributed by atoms with Crippen molar-refractivity contribution in [1.29, 1.82) is 0 Å². The maximum Gasteiger partial charge on any atom is 0.148 e. The van der Waals surface area contributed by atoms with Crippen LogP contribution in [0.2, 0.25) is 0 Å². The largest absolute Gasteiger partial charge is 0.394 e. The van der Waals surface area contributed by atoms with Gasteiger partial charge in [-0.3, -0.25) is 4.98 Å². The first kappa shape index (κ1) is 13.4. The Bertz CT molecular complexity index is 530. The molecule has 0 aliphatic carbocycles. The number of pyridine rings is 1. The summed E-state index contributed by atoms with van der Waals surface area (Å²) in [4.78, 5) is 4.01. The number of rotatable bonds is 5. The van der Waals surface area contributed by atoms with Crippen molar-refractivity contribution in [2.24, 2.45) is 0 Å². The Morgan fingerprint density at radius 3 is 2.63 bits per heavy atom. The fourth-order valence-corrected chi connectivity index (χ4v) is 1.98. The van der Waals surface area contributed by atoms with Gasteiger partial charge in [0.05, 0.1) is 11.4 Å². The lowest BCUT2D eigenvalue weighted by molar-refractivity contribution is 0.534. The third kappa shape index (κ3) is 3.05. The third-order valence-corrected chi connectivity index (χ3v) is 3.08. The molecule has 0 saturated heterocycles. The summed E-state index contributed by atoms with van der Waals surface area (Å²) in [6.07, 6.45) is 4.56. The average molecular weight is 259 g/mol. The molecular weight excluding hydrogens is 238 g/mol. The molecule has 0 aromatic carbocycles. The van der Waals surface area contributed by atoms with E-state index in [9.17, 15) is 0 Å². The van der Waals surface area contributed by atoms with Crippen molar-refractivity contribution in [3.8, 4) is 0 Å². The van der Waals surface area contributed by atoms with Crippen molar-refractivity contribution in [1.82, 2.24) is 14.8 Å². The number of nitrogens with zero attached hydrogens (tertiary/aromatic N) is 3. The average Bonchev–Trinajstić information content (AvgIpc) is 2.68. The number of nitrogens with two attached hydrogens (primary N) is 1. The highest BCUT2D eigenvalue weighted by Crippen LogP contribution is 2.25. The molecule has 0 aliphatic rings. The van der Waals surface area contributed by atoms with Crippen molar-refractivity contribution in [3.05, 3.63) is 35.8 Å². The van der Waals surface area contributed by atoms with Crippen LogP contribution in [0.3, 0.4) is 0 Å². The van der Waals surface area contributed by atoms with E-state index in [4.69, 9.17) is 5.73 Å². The molecule has 0 bridgehead atoms. The molecule has 5 nitrogen and oxygen atoms in total. The van der Waals surface area contributed by atoms with Gasteiger partial charge in [0.1, 0.15) is 5.82 Å². The van der Waals surface area contributed by atoms with Gasteiger partial charge in [-0.1, -0.05) is 0 Å². The van der Waals surface area contributed by atoms with Gasteiger partial charge in [-0.2, -0.15) is 5.10 Å². The lowest BCUT2D eigenvalue weighted by Crippen LogP contribution is -2.13. The molecule has 2 aromatic heterocycles. The molecule has 0 radical (unpaired) electrons. The fraction of sp³-hybridized carbons (Fsp3) is 0.429. The van der Waals surface area contributed by atoms with Crippen LogP contribution >= 0.6 is 0 Å². The number of anilines is 2. The van der Waals surface area contributed by atoms with Crippen LogP contribution in [0.25, 0.3) is 0 Å². The van der Waals surface area contributed by atoms with E-state index in [-0.39, 0.29) is 0 Å². The first-order chi connectivity index (χ1) is 9.09. The number of hydrogen-bond donors (Lipinski definition) is 2. The molecule has 5 heteroatoms. The Morgan fingerprint density at radius 2 is 2.00 bits per heavy atom. The van der Waals surface area contributed by atoms with Gasteiger partial charge in [0, 0.05) is 25.0 Å². The Balaban J connectivity index is 2.03. The summed E-state index contributed by atoms with van der Waals surface area (Å²) in [7, 11) is 0. The zero-order valence-corrected chi connectivity index (χ0v) is 11.7. The summed E-state index contributed by atoms with van der Waals surface area (Å²) in [5, 5.41) is 7.84. The maximum absolute atomic E-state index is 6.06. The van der Waals surface area contributed by atoms with Gasteiger partial charge in [0.15, 0.2) is 0 Å². The topological polar surface area (TPSA) is 68.8 Å². The SMILES string of the molecule is Cc1nn(C(C)C)c(NCCc2ccncc2)c1N. The predicted molar refractivity (Wildman–Crippen MR) is 78.2 cm³/mol. The van der Waals surface area contributed by atoms with E-state index in [1.54, 1.807) is 0 Å². The van der Waals surface area contributed by atoms with E-state index in [2.05, 4.69) is 29.2 Å². The van der Waals surface area contributed by atoms with Crippen LogP contribution in [0.15, 0.2) is 24.5 Å². The van der Waals surface area contributed by atoms with Gasteiger partial charge >= 0.3 is 0 Å². The molecule has 0 aliphatic heterocycles. The van der Waals surface area contributed by atoms with Crippen molar-refractivity contribution in [3.63, 3.8) is 0 Å². The van der Waals surface area contributed by atoms with E-state index in [0.29, 0.717) is 6.04 Å². The van der Waals surface area contributed by atoms with Crippen LogP contribution in [0.5, 0.6) is 0 Å². The number of aryl methyl sites for hydroxylation is 1. The normalized spacial score (nSPS) is 10.9. The molecule has 0 atom stereocenters. The Hall–Kier alpha value is -2.04. The first-order valence-electron chi connectivity index (χ1n) is 6.57. The maximum atomic E-state index is 6.06. The minimum absolute atomic E-state index is 0.291. The van der Waals surface area contributed by atoms with Crippen LogP contribution < -0.4 is 11.1 Å². The Kier molecular flexibility index (Phi) is 4.04. The number of hydrogen-bond acceptors (Lipinski definition) is 4. The molecule has 0 fully saturated rings. The van der Waals surface area contributed by atoms with Gasteiger partial charge in [-0.25, -0.2) is 4.68 Å². The van der Waals surface area contributed by atoms with Gasteiger partial charge < -0.3 is 11.1 Å². The second kappa shape index (κ2) is 5.73. The third-order valence-electron chi connectivity index (χ3n) is 3.08. The quantitative estimate of drug-likeness (QED) is 0.865. The summed E-state index contributed by atoms with van der Waals surface area (Å²) < 4.78 is 1.94. The summed E-state index contributed by atoms with van der Waals surface area (Å²) in [5.41, 5.74) is 8.94. The van der Waals surface area contributed by atoms with Crippen LogP contribution in [-0.4, -0.2) is 21.3 Å². The monoisotopic (exact) mass is 259 g/mol. The molecule has 3 N–H and O–H groups in total. The molecule has 2 rings (SSSR count). The molecule has 2 heterocycles. The number of nitrogens with one attached hydrogen (secondary N) is 1. The van der Waals surface area contributed by atoms with Crippen molar-refractivity contribution in [2.75, 3.05) is 17.6 Å². The minimum Gasteiger partial charge on any atom is -0.394 e. The van der Waals surface area contributed by atoms with E-state index in [1.807, 2.05) is 36.1 Å². The second-order valence-corrected chi connectivity index (χ2v) is 4.92. The summed E-state index contributed by atoms with van der Waals surface area (Å²) >= 11 is 0. The Labute approximate surface area is 113 Å². The standard InChI is InChI=1S/C14H21N5/c1-10(2)19-14(13(15)11(3)18-19)17-9-6-12-4-7-16-8-5-12/h4-5,7-8,10,17H,6,9,15H2,1-3H3. The van der Waals surface area contributed by atoms with Gasteiger partial charge in [-0.05, 0) is 44.9 Å². The van der Waals surface area contributed by atoms with Crippen molar-refractivity contribution < 1.29 is 0 Å². The summed E-state index contributed by atoms with van der Waals surface area (Å²) in [6.45, 7) is 6.95. The van der Waals surface area contributed by atoms with Crippen LogP contribution in [0.4, 0.5) is 11.5 Å². The zero-order valence-electron chi connectivity index (χ0n) is 11.7. The van der Waals surface area contributed by atoms with Crippen molar-refractivity contribution in [2.45, 2.75) is 33.2 Å². The van der Waals surface area contributed by atoms with Gasteiger partial charge in [-0.15, -0.1) is 0 Å². The second-order valence-electron chi connectivity index (χ2n) is 4.92. The molecule has 0 saturated carbocycles. The molecule has 0 spiro atoms. The fourth-order valence-electron chi connectivity index (χ4n) is 1.98.